The van der Waals surface area contributed by atoms with Gasteiger partial charge in [0, 0.05) is 5.56 Å². The van der Waals surface area contributed by atoms with Gasteiger partial charge in [-0.2, -0.15) is 0 Å². The van der Waals surface area contributed by atoms with Crippen molar-refractivity contribution in [2.24, 2.45) is 0 Å². The van der Waals surface area contributed by atoms with E-state index in [9.17, 15) is 4.79 Å². The minimum atomic E-state index is -0.174. The molecule has 1 aromatic heterocycles. The lowest BCUT2D eigenvalue weighted by atomic mass is 10.0. The monoisotopic (exact) mass is 357 g/mol. The van der Waals surface area contributed by atoms with E-state index in [1.165, 1.54) is 6.07 Å². The summed E-state index contributed by atoms with van der Waals surface area (Å²) in [6.45, 7) is 0.509. The summed E-state index contributed by atoms with van der Waals surface area (Å²) in [6.07, 6.45) is 0. The molecule has 3 N–H and O–H groups in total. The van der Waals surface area contributed by atoms with E-state index in [-0.39, 0.29) is 29.1 Å². The van der Waals surface area contributed by atoms with Crippen molar-refractivity contribution in [3.63, 3.8) is 0 Å². The largest absolute Gasteiger partial charge is 0.474 e. The molecule has 3 rings (SSSR count). The molecule has 0 saturated carbocycles. The topological polar surface area (TPSA) is 96.6 Å². The van der Waals surface area contributed by atoms with Gasteiger partial charge < -0.3 is 14.6 Å². The normalized spacial score (nSPS) is 10.4. The van der Waals surface area contributed by atoms with Crippen LogP contribution in [0.25, 0.3) is 10.8 Å². The van der Waals surface area contributed by atoms with Gasteiger partial charge in [-0.05, 0) is 22.0 Å². The van der Waals surface area contributed by atoms with Gasteiger partial charge >= 0.3 is 0 Å². The van der Waals surface area contributed by atoms with Crippen LogP contribution in [0.5, 0.6) is 5.88 Å². The lowest BCUT2D eigenvalue weighted by molar-refractivity contribution is 0.0948. The molecule has 0 atom stereocenters. The third kappa shape index (κ3) is 3.93. The Morgan fingerprint density at radius 3 is 2.88 bits per heavy atom. The van der Waals surface area contributed by atoms with Gasteiger partial charge in [-0.15, -0.1) is 0 Å². The molecule has 1 heterocycles. The number of nitrogens with zero attached hydrogens (tertiary/aromatic N) is 1. The van der Waals surface area contributed by atoms with Crippen molar-refractivity contribution in [2.75, 3.05) is 13.2 Å². The Labute approximate surface area is 148 Å². The summed E-state index contributed by atoms with van der Waals surface area (Å²) in [5.41, 5.74) is 2.41. The number of amides is 1. The fourth-order valence-corrected chi connectivity index (χ4v) is 2.42. The van der Waals surface area contributed by atoms with Gasteiger partial charge in [-0.25, -0.2) is 0 Å². The van der Waals surface area contributed by atoms with E-state index < -0.39 is 0 Å². The first kappa shape index (κ1) is 16.9. The average molecular weight is 357 g/mol. The molecule has 0 aliphatic carbocycles. The van der Waals surface area contributed by atoms with Gasteiger partial charge in [0.05, 0.1) is 12.6 Å². The summed E-state index contributed by atoms with van der Waals surface area (Å²) in [7, 11) is 0. The standard InChI is InChI=1S/C17H15N3O4S/c21-16(13-7-3-5-11-4-1-2-6-12(11)13)18-8-9-23-15-10-14(24-20-15)17(25)19-22/h1-7,10,22H,8-9H2,(H,18,21)(H,19,25). The molecule has 0 unspecified atom stereocenters. The number of aromatic nitrogens is 1. The van der Waals surface area contributed by atoms with Crippen LogP contribution in [0, 0.1) is 0 Å². The summed E-state index contributed by atoms with van der Waals surface area (Å²) in [6, 6.07) is 14.7. The molecule has 128 valence electrons. The van der Waals surface area contributed by atoms with Crippen LogP contribution in [0.3, 0.4) is 0 Å². The molecule has 2 aromatic carbocycles. The molecular weight excluding hydrogens is 342 g/mol. The second kappa shape index (κ2) is 7.73. The minimum absolute atomic E-state index is 0.00612. The predicted octanol–water partition coefficient (Wildman–Crippen LogP) is 2.29. The summed E-state index contributed by atoms with van der Waals surface area (Å²) in [4.78, 5) is 12.4. The van der Waals surface area contributed by atoms with Crippen LogP contribution < -0.4 is 15.5 Å². The molecule has 25 heavy (non-hydrogen) atoms. The van der Waals surface area contributed by atoms with Crippen molar-refractivity contribution in [1.29, 1.82) is 0 Å². The van der Waals surface area contributed by atoms with Gasteiger partial charge in [-0.1, -0.05) is 48.6 Å². The van der Waals surface area contributed by atoms with Gasteiger partial charge in [0.2, 0.25) is 0 Å². The first-order valence-electron chi connectivity index (χ1n) is 7.49. The second-order valence-corrected chi connectivity index (χ2v) is 5.51. The van der Waals surface area contributed by atoms with Crippen molar-refractivity contribution in [2.45, 2.75) is 0 Å². The van der Waals surface area contributed by atoms with E-state index >= 15 is 0 Å². The summed E-state index contributed by atoms with van der Waals surface area (Å²) < 4.78 is 10.3. The fourth-order valence-electron chi connectivity index (χ4n) is 2.33. The molecule has 0 fully saturated rings. The van der Waals surface area contributed by atoms with E-state index in [1.54, 1.807) is 11.5 Å². The van der Waals surface area contributed by atoms with Crippen LogP contribution in [-0.2, 0) is 0 Å². The zero-order valence-corrected chi connectivity index (χ0v) is 13.9. The van der Waals surface area contributed by atoms with E-state index in [2.05, 4.69) is 10.5 Å². The molecule has 0 aliphatic rings. The van der Waals surface area contributed by atoms with Gasteiger partial charge in [-0.3, -0.25) is 15.5 Å². The van der Waals surface area contributed by atoms with Crippen LogP contribution in [0.15, 0.2) is 53.1 Å². The first-order chi connectivity index (χ1) is 12.2. The minimum Gasteiger partial charge on any atom is -0.474 e. The molecule has 0 spiro atoms. The van der Waals surface area contributed by atoms with Crippen molar-refractivity contribution >= 4 is 33.9 Å². The zero-order valence-electron chi connectivity index (χ0n) is 13.1. The van der Waals surface area contributed by atoms with Crippen molar-refractivity contribution in [3.8, 4) is 5.88 Å². The molecule has 8 heteroatoms. The van der Waals surface area contributed by atoms with Gasteiger partial charge in [0.15, 0.2) is 10.7 Å². The number of carbonyl (C=O) groups is 1. The lowest BCUT2D eigenvalue weighted by Crippen LogP contribution is -2.28. The van der Waals surface area contributed by atoms with E-state index in [0.29, 0.717) is 12.1 Å². The van der Waals surface area contributed by atoms with Crippen LogP contribution in [0.2, 0.25) is 0 Å². The number of hydrogen-bond acceptors (Lipinski definition) is 6. The smallest absolute Gasteiger partial charge is 0.254 e. The quantitative estimate of drug-likeness (QED) is 0.354. The highest BCUT2D eigenvalue weighted by molar-refractivity contribution is 7.80. The molecule has 0 aliphatic heterocycles. The Kier molecular flexibility index (Phi) is 5.22. The van der Waals surface area contributed by atoms with E-state index in [0.717, 1.165) is 10.8 Å². The van der Waals surface area contributed by atoms with Gasteiger partial charge in [0.1, 0.15) is 6.61 Å². The first-order valence-corrected chi connectivity index (χ1v) is 7.90. The maximum absolute atomic E-state index is 12.3. The van der Waals surface area contributed by atoms with Crippen LogP contribution >= 0.6 is 12.2 Å². The number of carbonyl (C=O) groups excluding carboxylic acids is 1. The number of benzene rings is 2. The third-order valence-corrected chi connectivity index (χ3v) is 3.78. The Morgan fingerprint density at radius 2 is 2.04 bits per heavy atom. The molecular formula is C17H15N3O4S. The van der Waals surface area contributed by atoms with Crippen molar-refractivity contribution in [3.05, 3.63) is 59.9 Å². The van der Waals surface area contributed by atoms with Gasteiger partial charge in [0.25, 0.3) is 11.8 Å². The second-order valence-electron chi connectivity index (χ2n) is 5.10. The summed E-state index contributed by atoms with van der Waals surface area (Å²) in [5.74, 6) is 0.228. The Balaban J connectivity index is 1.54. The van der Waals surface area contributed by atoms with E-state index in [1.807, 2.05) is 36.4 Å². The Bertz CT molecular complexity index is 904. The lowest BCUT2D eigenvalue weighted by Gasteiger charge is -2.08. The zero-order chi connectivity index (χ0) is 17.6. The SMILES string of the molecule is O=C(NCCOc1cc(C(=S)NO)on1)c1cccc2ccccc12. The fraction of sp³-hybridized carbons (Fsp3) is 0.118. The molecule has 0 bridgehead atoms. The molecule has 0 radical (unpaired) electrons. The number of hydroxylamine groups is 1. The van der Waals surface area contributed by atoms with Crippen LogP contribution in [0.4, 0.5) is 0 Å². The van der Waals surface area contributed by atoms with Crippen LogP contribution in [-0.4, -0.2) is 34.4 Å². The Hall–Kier alpha value is -2.97. The maximum atomic E-state index is 12.3. The predicted molar refractivity (Wildman–Crippen MR) is 94.9 cm³/mol. The average Bonchev–Trinajstić information content (AvgIpc) is 3.13. The highest BCUT2D eigenvalue weighted by Gasteiger charge is 2.11. The Morgan fingerprint density at radius 1 is 1.24 bits per heavy atom. The van der Waals surface area contributed by atoms with Crippen molar-refractivity contribution in [1.82, 2.24) is 16.0 Å². The highest BCUT2D eigenvalue weighted by Crippen LogP contribution is 2.18. The van der Waals surface area contributed by atoms with Crippen LogP contribution in [0.1, 0.15) is 16.1 Å². The number of hydrogen-bond donors (Lipinski definition) is 3. The number of thiocarbonyl (C=S) groups is 1. The molecule has 1 amide bonds. The number of nitrogens with one attached hydrogen (secondary N) is 2. The summed E-state index contributed by atoms with van der Waals surface area (Å²) in [5, 5.41) is 17.0. The van der Waals surface area contributed by atoms with Crippen molar-refractivity contribution < 1.29 is 19.3 Å². The number of rotatable bonds is 6. The maximum Gasteiger partial charge on any atom is 0.254 e. The van der Waals surface area contributed by atoms with E-state index in [4.69, 9.17) is 26.7 Å². The molecule has 0 saturated heterocycles. The number of ether oxygens (including phenoxy) is 1. The highest BCUT2D eigenvalue weighted by atomic mass is 32.1. The molecule has 3 aromatic rings. The third-order valence-electron chi connectivity index (χ3n) is 3.49. The summed E-state index contributed by atoms with van der Waals surface area (Å²) >= 11 is 4.79. The molecule has 7 nitrogen and oxygen atoms in total. The number of fused-ring (bicyclic) bond motifs is 1.